The molecule has 316 valence electrons. The zero-order chi connectivity index (χ0) is 43.4. The molecule has 0 bridgehead atoms. The Hall–Kier alpha value is -6.68. The van der Waals surface area contributed by atoms with Gasteiger partial charge in [-0.1, -0.05) is 12.1 Å². The van der Waals surface area contributed by atoms with E-state index in [1.54, 1.807) is 14.2 Å². The van der Waals surface area contributed by atoms with E-state index in [0.717, 1.165) is 106 Å². The standard InChI is InChI=1S/C21H18NO4.C20H14NO4.2H2O4S/c1-22-10-16-13(6-7-17(23-2)21(16)24-3)14-5-4-12-8-18-19(26-11-25-18)9-15(12)20(14)22;1-21-8-15-12(4-5-16-20(15)25-10-22-16)13-3-2-11-6-17-18(24-9-23-17)7-14(11)19(13)21;2*1-5(2,3)4/h4-10H,11H2,1-3H3;2-8H,9-10H2,1H3;2*(H2,1,2,3,4)/q2*+1;;/p-2. The van der Waals surface area contributed by atoms with Crippen LogP contribution >= 0.6 is 0 Å². The fraction of sp³-hybridized carbons (Fsp3) is 0.171. The molecule has 0 atom stereocenters. The molecule has 18 nitrogen and oxygen atoms in total. The van der Waals surface area contributed by atoms with Gasteiger partial charge in [0.2, 0.25) is 52.2 Å². The second kappa shape index (κ2) is 15.7. The Bertz CT molecular complexity index is 3280. The molecule has 0 radical (unpaired) electrons. The Morgan fingerprint density at radius 2 is 0.918 bits per heavy atom. The summed E-state index contributed by atoms with van der Waals surface area (Å²) in [5.74, 6) is 6.28. The Balaban J connectivity index is 0.000000139. The Morgan fingerprint density at radius 3 is 1.41 bits per heavy atom. The molecule has 5 heterocycles. The van der Waals surface area contributed by atoms with Gasteiger partial charge < -0.3 is 47.0 Å². The van der Waals surface area contributed by atoms with Gasteiger partial charge in [-0.2, -0.15) is 9.13 Å². The summed E-state index contributed by atoms with van der Waals surface area (Å²) in [5.41, 5.74) is 2.29. The molecule has 0 aliphatic carbocycles. The van der Waals surface area contributed by atoms with Crippen molar-refractivity contribution >= 4 is 85.7 Å². The van der Waals surface area contributed by atoms with E-state index in [4.69, 9.17) is 72.9 Å². The summed E-state index contributed by atoms with van der Waals surface area (Å²) in [5, 5.41) is 11.2. The summed E-state index contributed by atoms with van der Waals surface area (Å²) in [7, 11) is -2.41. The molecule has 6 aromatic carbocycles. The summed E-state index contributed by atoms with van der Waals surface area (Å²) in [6.45, 7) is 0.829. The number of pyridine rings is 2. The minimum absolute atomic E-state index is 0.273. The van der Waals surface area contributed by atoms with Crippen LogP contribution in [0.5, 0.6) is 46.0 Å². The van der Waals surface area contributed by atoms with Crippen LogP contribution in [0.15, 0.2) is 85.2 Å². The van der Waals surface area contributed by atoms with E-state index in [0.29, 0.717) is 0 Å². The molecule has 61 heavy (non-hydrogen) atoms. The van der Waals surface area contributed by atoms with Crippen molar-refractivity contribution in [3.8, 4) is 46.0 Å². The number of fused-ring (bicyclic) bond motifs is 14. The first-order valence-electron chi connectivity index (χ1n) is 17.9. The number of aryl methyl sites for hydroxylation is 2. The maximum Gasteiger partial charge on any atom is 0.231 e. The van der Waals surface area contributed by atoms with Crippen molar-refractivity contribution in [1.29, 1.82) is 0 Å². The van der Waals surface area contributed by atoms with Gasteiger partial charge in [0.05, 0.1) is 46.5 Å². The first-order valence-corrected chi connectivity index (χ1v) is 20.7. The second-order valence-electron chi connectivity index (χ2n) is 13.6. The number of methoxy groups -OCH3 is 2. The minimum atomic E-state index is -4.92. The summed E-state index contributed by atoms with van der Waals surface area (Å²) in [6, 6.07) is 24.9. The highest BCUT2D eigenvalue weighted by Crippen LogP contribution is 2.44. The molecule has 0 fully saturated rings. The van der Waals surface area contributed by atoms with Gasteiger partial charge in [0.15, 0.2) is 58.4 Å². The van der Waals surface area contributed by atoms with Gasteiger partial charge in [-0.15, -0.1) is 0 Å². The fourth-order valence-corrected chi connectivity index (χ4v) is 7.78. The lowest BCUT2D eigenvalue weighted by atomic mass is 10.00. The lowest BCUT2D eigenvalue weighted by Crippen LogP contribution is -2.28. The Labute approximate surface area is 346 Å². The van der Waals surface area contributed by atoms with Crippen LogP contribution in [0.1, 0.15) is 0 Å². The molecule has 11 rings (SSSR count). The van der Waals surface area contributed by atoms with Gasteiger partial charge in [0.1, 0.15) is 14.1 Å². The molecule has 0 saturated carbocycles. The number of nitrogens with zero attached hydrogens (tertiary/aromatic N) is 2. The zero-order valence-electron chi connectivity index (χ0n) is 32.5. The summed E-state index contributed by atoms with van der Waals surface area (Å²) in [6.07, 6.45) is 4.19. The van der Waals surface area contributed by atoms with Crippen molar-refractivity contribution in [2.75, 3.05) is 34.6 Å². The lowest BCUT2D eigenvalue weighted by Gasteiger charge is -2.12. The predicted molar refractivity (Wildman–Crippen MR) is 216 cm³/mol. The third-order valence-electron chi connectivity index (χ3n) is 10.1. The molecule has 2 N–H and O–H groups in total. The van der Waals surface area contributed by atoms with E-state index < -0.39 is 20.8 Å². The van der Waals surface area contributed by atoms with Crippen LogP contribution in [0.2, 0.25) is 0 Å². The van der Waals surface area contributed by atoms with Crippen molar-refractivity contribution in [2.45, 2.75) is 0 Å². The van der Waals surface area contributed by atoms with E-state index in [1.807, 2.05) is 31.3 Å². The first-order chi connectivity index (χ1) is 29.0. The molecule has 8 aromatic rings. The fourth-order valence-electron chi connectivity index (χ4n) is 7.78. The molecule has 3 aliphatic rings. The molecule has 0 saturated heterocycles. The summed E-state index contributed by atoms with van der Waals surface area (Å²) in [4.78, 5) is 0. The van der Waals surface area contributed by atoms with Crippen molar-refractivity contribution < 1.29 is 82.1 Å². The monoisotopic (exact) mass is 874 g/mol. The average Bonchev–Trinajstić information content (AvgIpc) is 3.98. The van der Waals surface area contributed by atoms with Crippen molar-refractivity contribution in [3.63, 3.8) is 0 Å². The molecule has 2 aromatic heterocycles. The summed E-state index contributed by atoms with van der Waals surface area (Å²) < 4.78 is 114. The average molecular weight is 875 g/mol. The van der Waals surface area contributed by atoms with Crippen molar-refractivity contribution in [1.82, 2.24) is 0 Å². The van der Waals surface area contributed by atoms with Gasteiger partial charge >= 0.3 is 0 Å². The predicted octanol–water partition coefficient (Wildman–Crippen LogP) is 5.15. The van der Waals surface area contributed by atoms with E-state index >= 15 is 0 Å². The van der Waals surface area contributed by atoms with Crippen LogP contribution in [0.25, 0.3) is 64.9 Å². The van der Waals surface area contributed by atoms with Crippen molar-refractivity contribution in [2.24, 2.45) is 14.1 Å². The third kappa shape index (κ3) is 8.14. The maximum absolute atomic E-state index is 8.63. The quantitative estimate of drug-likeness (QED) is 0.0988. The first kappa shape index (κ1) is 41.1. The lowest BCUT2D eigenvalue weighted by molar-refractivity contribution is -0.642. The topological polar surface area (TPSA) is 236 Å². The van der Waals surface area contributed by atoms with E-state index in [1.165, 1.54) is 5.39 Å². The van der Waals surface area contributed by atoms with Gasteiger partial charge in [-0.25, -0.2) is 16.8 Å². The van der Waals surface area contributed by atoms with Crippen LogP contribution in [0.3, 0.4) is 0 Å². The largest absolute Gasteiger partial charge is 0.726 e. The second-order valence-corrected chi connectivity index (χ2v) is 15.3. The molecular formula is C41H34N2O16S2. The molecule has 0 spiro atoms. The smallest absolute Gasteiger partial charge is 0.231 e. The minimum Gasteiger partial charge on any atom is -0.726 e. The highest BCUT2D eigenvalue weighted by molar-refractivity contribution is 7.80. The number of hydrogen-bond acceptors (Lipinski definition) is 14. The summed E-state index contributed by atoms with van der Waals surface area (Å²) >= 11 is 0. The van der Waals surface area contributed by atoms with Crippen LogP contribution in [0, 0.1) is 0 Å². The van der Waals surface area contributed by atoms with E-state index in [2.05, 4.69) is 77.1 Å². The molecule has 3 aliphatic heterocycles. The van der Waals surface area contributed by atoms with Gasteiger partial charge in [0.25, 0.3) is 0 Å². The number of ether oxygens (including phenoxy) is 8. The number of benzene rings is 6. The maximum atomic E-state index is 8.63. The number of aromatic nitrogens is 2. The van der Waals surface area contributed by atoms with Crippen LogP contribution in [-0.2, 0) is 34.9 Å². The SMILES string of the molecule is COc1ccc2c(c[n+](C)c3c4cc5c(cc4ccc23)OCO5)c1OC.C[n+]1cc2c3c(ccc2c2ccc4cc5c(cc4c21)OCO5)OCO3.O=S(=O)([O-])O.O=S(=O)([O-])O. The highest BCUT2D eigenvalue weighted by atomic mass is 32.3. The Kier molecular flexibility index (Phi) is 10.6. The van der Waals surface area contributed by atoms with Crippen LogP contribution in [-0.4, -0.2) is 69.6 Å². The molecule has 0 amide bonds. The van der Waals surface area contributed by atoms with E-state index in [9.17, 15) is 0 Å². The normalized spacial score (nSPS) is 13.4. The van der Waals surface area contributed by atoms with Gasteiger partial charge in [-0.3, -0.25) is 9.11 Å². The van der Waals surface area contributed by atoms with Crippen LogP contribution in [0.4, 0.5) is 0 Å². The molecule has 20 heteroatoms. The number of hydrogen-bond donors (Lipinski definition) is 2. The van der Waals surface area contributed by atoms with Gasteiger partial charge in [-0.05, 0) is 71.4 Å². The zero-order valence-corrected chi connectivity index (χ0v) is 34.2. The highest BCUT2D eigenvalue weighted by Gasteiger charge is 2.25. The van der Waals surface area contributed by atoms with Crippen LogP contribution < -0.4 is 47.0 Å². The molecule has 0 unspecified atom stereocenters. The Morgan fingerprint density at radius 1 is 0.508 bits per heavy atom. The van der Waals surface area contributed by atoms with Crippen molar-refractivity contribution in [3.05, 3.63) is 85.2 Å². The van der Waals surface area contributed by atoms with Gasteiger partial charge in [0, 0.05) is 10.8 Å². The van der Waals surface area contributed by atoms with E-state index in [-0.39, 0.29) is 20.4 Å². The third-order valence-corrected chi connectivity index (χ3v) is 10.1. The number of rotatable bonds is 2. The molecular weight excluding hydrogens is 841 g/mol.